The summed E-state index contributed by atoms with van der Waals surface area (Å²) in [6.07, 6.45) is 0. The third kappa shape index (κ3) is 12.2. The van der Waals surface area contributed by atoms with E-state index in [9.17, 15) is 25.2 Å². The molecule has 0 aliphatic carbocycles. The van der Waals surface area contributed by atoms with Gasteiger partial charge < -0.3 is 32.0 Å². The Hall–Kier alpha value is -4.22. The van der Waals surface area contributed by atoms with Crippen molar-refractivity contribution in [2.75, 3.05) is 16.4 Å². The van der Waals surface area contributed by atoms with Crippen molar-refractivity contribution in [2.24, 2.45) is 20.5 Å². The minimum atomic E-state index is -0.354. The van der Waals surface area contributed by atoms with Crippen molar-refractivity contribution in [1.82, 2.24) is 0 Å². The van der Waals surface area contributed by atoms with Crippen LogP contribution in [0.4, 0.5) is 39.8 Å². The van der Waals surface area contributed by atoms with Crippen molar-refractivity contribution in [2.45, 2.75) is 23.6 Å². The molecule has 6 aromatic carbocycles. The van der Waals surface area contributed by atoms with Crippen molar-refractivity contribution in [3.8, 4) is 5.75 Å². The molecule has 58 heavy (non-hydrogen) atoms. The minimum absolute atomic E-state index is 0. The van der Waals surface area contributed by atoms with Crippen LogP contribution in [0.3, 0.4) is 0 Å². The van der Waals surface area contributed by atoms with Crippen LogP contribution in [0.1, 0.15) is 31.8 Å². The van der Waals surface area contributed by atoms with Crippen LogP contribution in [0.5, 0.6) is 5.75 Å². The number of rotatable bonds is 14. The van der Waals surface area contributed by atoms with E-state index in [2.05, 4.69) is 49.8 Å². The van der Waals surface area contributed by atoms with E-state index in [4.69, 9.17) is 5.73 Å². The van der Waals surface area contributed by atoms with Gasteiger partial charge in [-0.1, -0.05) is 0 Å². The fourth-order valence-electron chi connectivity index (χ4n) is 5.22. The summed E-state index contributed by atoms with van der Waals surface area (Å²) in [6, 6.07) is 29.7. The molecule has 0 fully saturated rings. The number of fused-ring (bicyclic) bond motifs is 1. The van der Waals surface area contributed by atoms with Crippen molar-refractivity contribution in [1.29, 1.82) is 0 Å². The quantitative estimate of drug-likeness (QED) is 0.0310. The first-order chi connectivity index (χ1) is 27.1. The summed E-state index contributed by atoms with van der Waals surface area (Å²) in [5.74, 6) is -0.924. The van der Waals surface area contributed by atoms with E-state index < -0.39 is 0 Å². The Kier molecular flexibility index (Phi) is 17.8. The summed E-state index contributed by atoms with van der Waals surface area (Å²) >= 11 is 1.28. The summed E-state index contributed by atoms with van der Waals surface area (Å²) in [6.45, 7) is 3.64. The van der Waals surface area contributed by atoms with E-state index in [1.54, 1.807) is 109 Å². The average molecular weight is 838 g/mol. The maximum Gasteiger partial charge on any atom is 1.00 e. The van der Waals surface area contributed by atoms with E-state index in [1.807, 2.05) is 13.8 Å². The molecule has 0 unspecified atom stereocenters. The number of phenols is 1. The number of aromatic hydroxyl groups is 1. The summed E-state index contributed by atoms with van der Waals surface area (Å²) in [7, 11) is 0. The number of carbonyl (C=O) groups excluding carboxylic acids is 2. The largest absolute Gasteiger partial charge is 1.00 e. The molecule has 284 valence electrons. The number of anilines is 3. The molecule has 5 N–H and O–H groups in total. The van der Waals surface area contributed by atoms with E-state index in [-0.39, 0.29) is 87.3 Å². The van der Waals surface area contributed by atoms with Crippen LogP contribution in [0.25, 0.3) is 10.8 Å². The number of hydrogen-bond acceptors (Lipinski definition) is 16. The summed E-state index contributed by atoms with van der Waals surface area (Å²) in [5.41, 5.74) is 11.1. The SMILES string of the molecule is Cc1cc(N=Nc2c(SOO[O-])cc3cc(NC(=O)c4ccc(N)cc4)ccc3c2O)c(C)cc1N=Nc1ccc(C(=O)Nc2ccc(SOO[O-])cc2)cc1.[Na+].[Na+]. The number of hydrogen-bond donors (Lipinski definition) is 4. The van der Waals surface area contributed by atoms with Gasteiger partial charge in [-0.3, -0.25) is 19.7 Å². The van der Waals surface area contributed by atoms with Crippen LogP contribution < -0.4 is 86.0 Å². The zero-order valence-electron chi connectivity index (χ0n) is 31.3. The van der Waals surface area contributed by atoms with Crippen molar-refractivity contribution >= 4 is 86.5 Å². The molecule has 0 aromatic heterocycles. The van der Waals surface area contributed by atoms with Gasteiger partial charge in [-0.2, -0.15) is 24.0 Å². The van der Waals surface area contributed by atoms with Crippen LogP contribution >= 0.6 is 24.1 Å². The van der Waals surface area contributed by atoms with Gasteiger partial charge in [-0.05, 0) is 140 Å². The Morgan fingerprint density at radius 2 is 1.19 bits per heavy atom. The van der Waals surface area contributed by atoms with E-state index in [1.165, 1.54) is 0 Å². The predicted molar refractivity (Wildman–Crippen MR) is 206 cm³/mol. The molecule has 0 heterocycles. The molecule has 0 bridgehead atoms. The van der Waals surface area contributed by atoms with Gasteiger partial charge in [0.25, 0.3) is 11.8 Å². The van der Waals surface area contributed by atoms with E-state index in [0.29, 0.717) is 78.5 Å². The van der Waals surface area contributed by atoms with Gasteiger partial charge in [0.1, 0.15) is 5.69 Å². The standard InChI is InChI=1S/C38H31N7O9S2.2Na/c1-21-18-33(22(2)17-32(21)43-42-28-9-5-24(6-10-28)37(47)40-27-11-14-30(15-12-27)55-53-51-49)44-45-35-34(56-54-52-50)20-25-19-29(13-16-31(25)36(35)46)41-38(48)23-3-7-26(39)8-4-23;;/h3-20,46,49-50H,39H2,1-2H3,(H,40,47)(H,41,48);;/q;2*+1/p-2. The molecule has 0 aliphatic rings. The number of nitrogen functional groups attached to an aromatic ring is 1. The molecule has 0 aliphatic heterocycles. The topological polar surface area (TPSA) is 237 Å². The molecule has 6 rings (SSSR count). The van der Waals surface area contributed by atoms with Crippen molar-refractivity contribution in [3.63, 3.8) is 0 Å². The maximum atomic E-state index is 12.8. The molecular weight excluding hydrogens is 809 g/mol. The number of aryl methyl sites for hydroxylation is 2. The molecule has 0 saturated heterocycles. The van der Waals surface area contributed by atoms with E-state index >= 15 is 0 Å². The van der Waals surface area contributed by atoms with Gasteiger partial charge in [-0.15, -0.1) is 5.11 Å². The zero-order valence-corrected chi connectivity index (χ0v) is 36.9. The maximum absolute atomic E-state index is 12.8. The van der Waals surface area contributed by atoms with Crippen LogP contribution in [0, 0.1) is 13.8 Å². The molecule has 6 aromatic rings. The molecule has 0 saturated carbocycles. The normalized spacial score (nSPS) is 11.0. The Morgan fingerprint density at radius 1 is 0.655 bits per heavy atom. The second kappa shape index (κ2) is 22.2. The monoisotopic (exact) mass is 837 g/mol. The third-order valence-corrected chi connectivity index (χ3v) is 9.28. The van der Waals surface area contributed by atoms with E-state index in [0.717, 1.165) is 17.6 Å². The summed E-state index contributed by atoms with van der Waals surface area (Å²) < 4.78 is 8.84. The molecule has 20 heteroatoms. The number of carbonyl (C=O) groups is 2. The van der Waals surface area contributed by atoms with Gasteiger partial charge in [-0.25, -0.2) is 0 Å². The summed E-state index contributed by atoms with van der Waals surface area (Å²) in [5, 5.41) is 62.7. The van der Waals surface area contributed by atoms with Gasteiger partial charge in [0, 0.05) is 38.5 Å². The number of azo groups is 2. The third-order valence-electron chi connectivity index (χ3n) is 8.08. The van der Waals surface area contributed by atoms with Crippen LogP contribution in [-0.2, 0) is 18.7 Å². The minimum Gasteiger partial charge on any atom is -0.691 e. The van der Waals surface area contributed by atoms with Gasteiger partial charge in [0.2, 0.25) is 0 Å². The first-order valence-corrected chi connectivity index (χ1v) is 17.8. The number of nitrogens with one attached hydrogen (secondary N) is 2. The van der Waals surface area contributed by atoms with Gasteiger partial charge in [0.15, 0.2) is 5.75 Å². The van der Waals surface area contributed by atoms with Crippen LogP contribution in [0.15, 0.2) is 139 Å². The zero-order chi connectivity index (χ0) is 39.6. The average Bonchev–Trinajstić information content (AvgIpc) is 3.20. The number of nitrogens with two attached hydrogens (primary N) is 1. The Bertz CT molecular complexity index is 2440. The first kappa shape index (κ1) is 46.5. The first-order valence-electron chi connectivity index (χ1n) is 16.3. The molecule has 0 atom stereocenters. The van der Waals surface area contributed by atoms with Crippen molar-refractivity contribution in [3.05, 3.63) is 131 Å². The van der Waals surface area contributed by atoms with Gasteiger partial charge >= 0.3 is 59.1 Å². The molecule has 0 radical (unpaired) electrons. The second-order valence-electron chi connectivity index (χ2n) is 11.9. The number of benzene rings is 6. The smallest absolute Gasteiger partial charge is 0.691 e. The number of amides is 2. The second-order valence-corrected chi connectivity index (χ2v) is 13.4. The predicted octanol–water partition coefficient (Wildman–Crippen LogP) is 2.55. The Labute approximate surface area is 384 Å². The Balaban J connectivity index is 0.00000372. The fourth-order valence-corrected chi connectivity index (χ4v) is 6.07. The molecule has 16 nitrogen and oxygen atoms in total. The van der Waals surface area contributed by atoms with Crippen LogP contribution in [0.2, 0.25) is 0 Å². The molecule has 2 amide bonds. The molecule has 0 spiro atoms. The fraction of sp³-hybridized carbons (Fsp3) is 0.0526. The Morgan fingerprint density at radius 3 is 1.79 bits per heavy atom. The number of phenolic OH excluding ortho intramolecular Hbond substituents is 1. The number of nitrogens with zero attached hydrogens (tertiary/aromatic N) is 4. The molecular formula is C38H29N7Na2O9S2. The summed E-state index contributed by atoms with van der Waals surface area (Å²) in [4.78, 5) is 26.3. The van der Waals surface area contributed by atoms with Crippen molar-refractivity contribution < 1.29 is 103 Å². The van der Waals surface area contributed by atoms with Crippen LogP contribution in [-0.4, -0.2) is 16.9 Å². The van der Waals surface area contributed by atoms with Gasteiger partial charge in [0.05, 0.1) is 46.0 Å².